The lowest BCUT2D eigenvalue weighted by Gasteiger charge is -2.50. The minimum absolute atomic E-state index is 0.640. The van der Waals surface area contributed by atoms with E-state index in [4.69, 9.17) is 0 Å². The molecule has 0 N–H and O–H groups in total. The molecule has 0 atom stereocenters. The molecule has 1 saturated carbocycles. The summed E-state index contributed by atoms with van der Waals surface area (Å²) >= 11 is 0. The van der Waals surface area contributed by atoms with Gasteiger partial charge in [0.05, 0.1) is 0 Å². The van der Waals surface area contributed by atoms with Crippen molar-refractivity contribution in [2.24, 2.45) is 5.41 Å². The van der Waals surface area contributed by atoms with Crippen LogP contribution in [0.3, 0.4) is 0 Å². The van der Waals surface area contributed by atoms with Gasteiger partial charge in [-0.1, -0.05) is 12.5 Å². The van der Waals surface area contributed by atoms with Gasteiger partial charge in [0.15, 0.2) is 0 Å². The van der Waals surface area contributed by atoms with Gasteiger partial charge in [-0.05, 0) is 75.6 Å². The van der Waals surface area contributed by atoms with Crippen LogP contribution in [0.1, 0.15) is 50.5 Å². The van der Waals surface area contributed by atoms with Crippen molar-refractivity contribution in [1.82, 2.24) is 9.88 Å². The molecule has 3 heterocycles. The average molecular weight is 299 g/mol. The predicted octanol–water partition coefficient (Wildman–Crippen LogP) is 3.62. The molecule has 3 heteroatoms. The van der Waals surface area contributed by atoms with Crippen LogP contribution in [0.2, 0.25) is 0 Å². The average Bonchev–Trinajstić information content (AvgIpc) is 2.50. The first-order valence-electron chi connectivity index (χ1n) is 9.16. The third kappa shape index (κ3) is 2.76. The van der Waals surface area contributed by atoms with E-state index < -0.39 is 0 Å². The van der Waals surface area contributed by atoms with Crippen molar-refractivity contribution in [3.63, 3.8) is 0 Å². The monoisotopic (exact) mass is 299 g/mol. The van der Waals surface area contributed by atoms with Gasteiger partial charge in [0.2, 0.25) is 0 Å². The Morgan fingerprint density at radius 2 is 1.68 bits per heavy atom. The Balaban J connectivity index is 1.32. The van der Waals surface area contributed by atoms with Crippen LogP contribution in [0.15, 0.2) is 18.3 Å². The first-order valence-corrected chi connectivity index (χ1v) is 9.16. The molecular weight excluding hydrogens is 270 g/mol. The van der Waals surface area contributed by atoms with E-state index in [0.29, 0.717) is 5.41 Å². The van der Waals surface area contributed by atoms with E-state index in [2.05, 4.69) is 33.8 Å². The number of aromatic nitrogens is 1. The molecule has 22 heavy (non-hydrogen) atoms. The van der Waals surface area contributed by atoms with Crippen LogP contribution >= 0.6 is 0 Å². The molecule has 1 aromatic rings. The maximum absolute atomic E-state index is 4.61. The van der Waals surface area contributed by atoms with Crippen molar-refractivity contribution < 1.29 is 0 Å². The molecule has 4 rings (SSSR count). The van der Waals surface area contributed by atoms with Crippen molar-refractivity contribution in [1.29, 1.82) is 0 Å². The molecule has 120 valence electrons. The third-order valence-corrected chi connectivity index (χ3v) is 6.49. The van der Waals surface area contributed by atoms with Gasteiger partial charge in [0.1, 0.15) is 5.82 Å². The van der Waals surface area contributed by atoms with Crippen LogP contribution < -0.4 is 4.90 Å². The summed E-state index contributed by atoms with van der Waals surface area (Å²) in [5.41, 5.74) is 1.89. The van der Waals surface area contributed by atoms with E-state index in [1.54, 1.807) is 0 Å². The zero-order valence-corrected chi connectivity index (χ0v) is 13.9. The molecule has 1 aromatic heterocycles. The molecule has 1 aliphatic carbocycles. The second-order valence-electron chi connectivity index (χ2n) is 7.80. The first-order chi connectivity index (χ1) is 10.7. The highest BCUT2D eigenvalue weighted by Crippen LogP contribution is 2.43. The fourth-order valence-electron chi connectivity index (χ4n) is 4.47. The number of aryl methyl sites for hydroxylation is 1. The number of hydrogen-bond acceptors (Lipinski definition) is 3. The van der Waals surface area contributed by atoms with Gasteiger partial charge in [-0.2, -0.15) is 0 Å². The van der Waals surface area contributed by atoms with Crippen molar-refractivity contribution >= 4 is 5.82 Å². The highest BCUT2D eigenvalue weighted by molar-refractivity contribution is 5.39. The summed E-state index contributed by atoms with van der Waals surface area (Å²) in [6.07, 6.45) is 12.0. The lowest BCUT2D eigenvalue weighted by Crippen LogP contribution is -2.51. The van der Waals surface area contributed by atoms with Gasteiger partial charge in [-0.25, -0.2) is 4.98 Å². The normalized spacial score (nSPS) is 26.1. The van der Waals surface area contributed by atoms with E-state index in [0.717, 1.165) is 6.04 Å². The molecule has 2 aliphatic heterocycles. The van der Waals surface area contributed by atoms with Crippen LogP contribution in [-0.4, -0.2) is 42.1 Å². The van der Waals surface area contributed by atoms with Crippen molar-refractivity contribution in [2.45, 2.75) is 57.9 Å². The van der Waals surface area contributed by atoms with E-state index in [9.17, 15) is 0 Å². The van der Waals surface area contributed by atoms with Gasteiger partial charge in [-0.15, -0.1) is 0 Å². The molecule has 0 bridgehead atoms. The Morgan fingerprint density at radius 3 is 2.23 bits per heavy atom. The summed E-state index contributed by atoms with van der Waals surface area (Å²) in [6.45, 7) is 7.21. The molecule has 0 aromatic carbocycles. The lowest BCUT2D eigenvalue weighted by molar-refractivity contribution is 0.0305. The summed E-state index contributed by atoms with van der Waals surface area (Å²) in [6, 6.07) is 5.31. The smallest absolute Gasteiger partial charge is 0.128 e. The third-order valence-electron chi connectivity index (χ3n) is 6.49. The minimum Gasteiger partial charge on any atom is -0.357 e. The Labute approximate surface area is 134 Å². The maximum Gasteiger partial charge on any atom is 0.128 e. The molecule has 3 fully saturated rings. The standard InChI is InChI=1S/C19H29N3/c1-16-5-6-18(20-15-16)22-13-9-19(10-14-22)7-11-21(12-8-19)17-3-2-4-17/h5-6,15,17H,2-4,7-14H2,1H3. The van der Waals surface area contributed by atoms with E-state index in [1.165, 1.54) is 82.5 Å². The van der Waals surface area contributed by atoms with Crippen molar-refractivity contribution in [2.75, 3.05) is 31.1 Å². The number of piperidine rings is 2. The summed E-state index contributed by atoms with van der Waals surface area (Å²) in [5.74, 6) is 1.17. The fourth-order valence-corrected chi connectivity index (χ4v) is 4.47. The maximum atomic E-state index is 4.61. The zero-order chi connectivity index (χ0) is 15.0. The van der Waals surface area contributed by atoms with Crippen molar-refractivity contribution in [3.8, 4) is 0 Å². The fraction of sp³-hybridized carbons (Fsp3) is 0.737. The van der Waals surface area contributed by atoms with Gasteiger partial charge >= 0.3 is 0 Å². The highest BCUT2D eigenvalue weighted by atomic mass is 15.2. The lowest BCUT2D eigenvalue weighted by atomic mass is 9.70. The molecule has 1 spiro atoms. The van der Waals surface area contributed by atoms with Crippen LogP contribution in [-0.2, 0) is 0 Å². The topological polar surface area (TPSA) is 19.4 Å². The summed E-state index contributed by atoms with van der Waals surface area (Å²) < 4.78 is 0. The van der Waals surface area contributed by atoms with E-state index in [1.807, 2.05) is 6.20 Å². The van der Waals surface area contributed by atoms with Crippen LogP contribution in [0, 0.1) is 12.3 Å². The Bertz CT molecular complexity index is 488. The summed E-state index contributed by atoms with van der Waals surface area (Å²) in [4.78, 5) is 9.88. The van der Waals surface area contributed by atoms with E-state index >= 15 is 0 Å². The molecule has 0 unspecified atom stereocenters. The molecule has 3 aliphatic rings. The van der Waals surface area contributed by atoms with Gasteiger partial charge in [0.25, 0.3) is 0 Å². The molecule has 3 nitrogen and oxygen atoms in total. The first kappa shape index (κ1) is 14.5. The molecule has 2 saturated heterocycles. The Hall–Kier alpha value is -1.09. The Morgan fingerprint density at radius 1 is 1.00 bits per heavy atom. The number of pyridine rings is 1. The predicted molar refractivity (Wildman–Crippen MR) is 91.3 cm³/mol. The van der Waals surface area contributed by atoms with Crippen LogP contribution in [0.4, 0.5) is 5.82 Å². The second-order valence-corrected chi connectivity index (χ2v) is 7.80. The van der Waals surface area contributed by atoms with Gasteiger partial charge in [-0.3, -0.25) is 0 Å². The SMILES string of the molecule is Cc1ccc(N2CCC3(CC2)CCN(C2CCC2)CC3)nc1. The summed E-state index contributed by atoms with van der Waals surface area (Å²) in [5, 5.41) is 0. The zero-order valence-electron chi connectivity index (χ0n) is 13.9. The summed E-state index contributed by atoms with van der Waals surface area (Å²) in [7, 11) is 0. The molecule has 0 radical (unpaired) electrons. The number of likely N-dealkylation sites (tertiary alicyclic amines) is 1. The number of anilines is 1. The van der Waals surface area contributed by atoms with Crippen molar-refractivity contribution in [3.05, 3.63) is 23.9 Å². The Kier molecular flexibility index (Phi) is 3.85. The number of rotatable bonds is 2. The molecular formula is C19H29N3. The highest BCUT2D eigenvalue weighted by Gasteiger charge is 2.39. The molecule has 0 amide bonds. The quantitative estimate of drug-likeness (QED) is 0.831. The van der Waals surface area contributed by atoms with Crippen LogP contribution in [0.25, 0.3) is 0 Å². The van der Waals surface area contributed by atoms with Gasteiger partial charge in [0, 0.05) is 25.3 Å². The van der Waals surface area contributed by atoms with Gasteiger partial charge < -0.3 is 9.80 Å². The van der Waals surface area contributed by atoms with E-state index in [-0.39, 0.29) is 0 Å². The van der Waals surface area contributed by atoms with Crippen LogP contribution in [0.5, 0.6) is 0 Å². The largest absolute Gasteiger partial charge is 0.357 e. The number of nitrogens with zero attached hydrogens (tertiary/aromatic N) is 3. The number of hydrogen-bond donors (Lipinski definition) is 0. The minimum atomic E-state index is 0.640. The second kappa shape index (κ2) is 5.84.